The van der Waals surface area contributed by atoms with Crippen LogP contribution in [0.25, 0.3) is 0 Å². The zero-order valence-corrected chi connectivity index (χ0v) is 15.2. The molecule has 2 amide bonds. The Labute approximate surface area is 148 Å². The number of rotatable bonds is 5. The zero-order valence-electron chi connectivity index (χ0n) is 12.8. The van der Waals surface area contributed by atoms with Crippen molar-refractivity contribution in [3.05, 3.63) is 54.6 Å². The highest BCUT2D eigenvalue weighted by Gasteiger charge is 2.30. The minimum absolute atomic E-state index is 0.0465. The van der Waals surface area contributed by atoms with Crippen molar-refractivity contribution in [2.24, 2.45) is 0 Å². The highest BCUT2D eigenvalue weighted by molar-refractivity contribution is 9.09. The van der Waals surface area contributed by atoms with Crippen molar-refractivity contribution < 1.29 is 18.0 Å². The average Bonchev–Trinajstić information content (AvgIpc) is 2.55. The van der Waals surface area contributed by atoms with Crippen molar-refractivity contribution in [2.45, 2.75) is 11.8 Å². The van der Waals surface area contributed by atoms with E-state index in [0.717, 1.165) is 4.31 Å². The van der Waals surface area contributed by atoms with Crippen molar-refractivity contribution in [3.8, 4) is 0 Å². The molecule has 0 atom stereocenters. The number of sulfonamides is 1. The molecule has 0 heterocycles. The quantitative estimate of drug-likeness (QED) is 0.767. The molecule has 0 saturated carbocycles. The maximum atomic E-state index is 12.9. The second kappa shape index (κ2) is 7.59. The van der Waals surface area contributed by atoms with Gasteiger partial charge in [0.1, 0.15) is 0 Å². The molecule has 0 aromatic heterocycles. The number of nitrogens with one attached hydrogen (secondary N) is 1. The zero-order chi connectivity index (χ0) is 17.7. The highest BCUT2D eigenvalue weighted by atomic mass is 79.9. The van der Waals surface area contributed by atoms with Gasteiger partial charge in [-0.05, 0) is 36.4 Å². The van der Waals surface area contributed by atoms with E-state index < -0.39 is 15.9 Å². The molecule has 0 bridgehead atoms. The third-order valence-electron chi connectivity index (χ3n) is 3.04. The number of anilines is 2. The minimum atomic E-state index is -4.07. The number of hydrogen-bond donors (Lipinski definition) is 1. The van der Waals surface area contributed by atoms with Gasteiger partial charge >= 0.3 is 0 Å². The van der Waals surface area contributed by atoms with E-state index in [0.29, 0.717) is 5.69 Å². The first-order valence-electron chi connectivity index (χ1n) is 6.93. The van der Waals surface area contributed by atoms with Crippen LogP contribution < -0.4 is 9.62 Å². The van der Waals surface area contributed by atoms with Crippen molar-refractivity contribution in [3.63, 3.8) is 0 Å². The fraction of sp³-hybridized carbons (Fsp3) is 0.125. The van der Waals surface area contributed by atoms with Crippen molar-refractivity contribution >= 4 is 49.1 Å². The SMILES string of the molecule is CC(=O)Nc1ccc(S(=O)(=O)N(C(=O)CBr)c2ccccc2)cc1. The van der Waals surface area contributed by atoms with Crippen LogP contribution in [-0.2, 0) is 19.6 Å². The first-order chi connectivity index (χ1) is 11.4. The van der Waals surface area contributed by atoms with E-state index in [4.69, 9.17) is 0 Å². The standard InChI is InChI=1S/C16H15BrN2O4S/c1-12(20)18-13-7-9-15(10-8-13)24(22,23)19(16(21)11-17)14-5-3-2-4-6-14/h2-10H,11H2,1H3,(H,18,20). The third-order valence-corrected chi connectivity index (χ3v) is 5.29. The number of nitrogens with zero attached hydrogens (tertiary/aromatic N) is 1. The number of carbonyl (C=O) groups is 2. The summed E-state index contributed by atoms with van der Waals surface area (Å²) in [6, 6.07) is 13.8. The van der Waals surface area contributed by atoms with E-state index in [9.17, 15) is 18.0 Å². The summed E-state index contributed by atoms with van der Waals surface area (Å²) >= 11 is 3.01. The lowest BCUT2D eigenvalue weighted by atomic mass is 10.3. The second-order valence-corrected chi connectivity index (χ2v) is 7.19. The Morgan fingerprint density at radius 3 is 2.12 bits per heavy atom. The van der Waals surface area contributed by atoms with Crippen LogP contribution in [0.2, 0.25) is 0 Å². The number of carbonyl (C=O) groups excluding carboxylic acids is 2. The highest BCUT2D eigenvalue weighted by Crippen LogP contribution is 2.25. The second-order valence-electron chi connectivity index (χ2n) is 4.84. The molecule has 0 aliphatic heterocycles. The summed E-state index contributed by atoms with van der Waals surface area (Å²) < 4.78 is 26.5. The minimum Gasteiger partial charge on any atom is -0.326 e. The largest absolute Gasteiger partial charge is 0.326 e. The van der Waals surface area contributed by atoms with Crippen molar-refractivity contribution in [1.29, 1.82) is 0 Å². The molecule has 2 aromatic carbocycles. The number of halogens is 1. The van der Waals surface area contributed by atoms with Gasteiger partial charge in [-0.25, -0.2) is 12.7 Å². The van der Waals surface area contributed by atoms with Crippen molar-refractivity contribution in [2.75, 3.05) is 15.0 Å². The van der Waals surface area contributed by atoms with E-state index in [1.807, 2.05) is 0 Å². The molecule has 0 radical (unpaired) electrons. The van der Waals surface area contributed by atoms with Gasteiger partial charge in [-0.15, -0.1) is 0 Å². The lowest BCUT2D eigenvalue weighted by Crippen LogP contribution is -2.37. The number of para-hydroxylation sites is 1. The Balaban J connectivity index is 2.45. The monoisotopic (exact) mass is 410 g/mol. The summed E-state index contributed by atoms with van der Waals surface area (Å²) in [5.41, 5.74) is 0.729. The first-order valence-corrected chi connectivity index (χ1v) is 9.49. The molecule has 0 fully saturated rings. The van der Waals surface area contributed by atoms with Crippen molar-refractivity contribution in [1.82, 2.24) is 0 Å². The molecular formula is C16H15BrN2O4S. The molecule has 2 aromatic rings. The Bertz CT molecular complexity index is 836. The molecule has 0 spiro atoms. The molecule has 8 heteroatoms. The van der Waals surface area contributed by atoms with Crippen LogP contribution in [0.5, 0.6) is 0 Å². The predicted molar refractivity (Wildman–Crippen MR) is 95.7 cm³/mol. The van der Waals surface area contributed by atoms with Gasteiger partial charge in [0.25, 0.3) is 15.9 Å². The Hall–Kier alpha value is -2.19. The van der Waals surface area contributed by atoms with E-state index in [2.05, 4.69) is 21.2 Å². The van der Waals surface area contributed by atoms with E-state index in [1.54, 1.807) is 30.3 Å². The van der Waals surface area contributed by atoms with Gasteiger partial charge in [-0.3, -0.25) is 9.59 Å². The van der Waals surface area contributed by atoms with Crippen LogP contribution in [0.4, 0.5) is 11.4 Å². The van der Waals surface area contributed by atoms with Gasteiger partial charge < -0.3 is 5.32 Å². The Morgan fingerprint density at radius 1 is 1.04 bits per heavy atom. The summed E-state index contributed by atoms with van der Waals surface area (Å²) in [5, 5.41) is 2.42. The molecule has 0 aliphatic rings. The lowest BCUT2D eigenvalue weighted by Gasteiger charge is -2.22. The summed E-state index contributed by atoms with van der Waals surface area (Å²) in [6.45, 7) is 1.36. The Morgan fingerprint density at radius 2 is 1.62 bits per heavy atom. The van der Waals surface area contributed by atoms with Crippen LogP contribution in [0, 0.1) is 0 Å². The van der Waals surface area contributed by atoms with Gasteiger partial charge in [0.05, 0.1) is 15.9 Å². The van der Waals surface area contributed by atoms with Gasteiger partial charge in [-0.2, -0.15) is 0 Å². The summed E-state index contributed by atoms with van der Waals surface area (Å²) in [5.74, 6) is -0.863. The molecule has 0 aliphatic carbocycles. The Kier molecular flexibility index (Phi) is 5.74. The number of hydrogen-bond acceptors (Lipinski definition) is 4. The molecule has 24 heavy (non-hydrogen) atoms. The van der Waals surface area contributed by atoms with E-state index >= 15 is 0 Å². The molecular weight excluding hydrogens is 396 g/mol. The van der Waals surface area contributed by atoms with Gasteiger partial charge in [0.15, 0.2) is 0 Å². The topological polar surface area (TPSA) is 83.6 Å². The maximum absolute atomic E-state index is 12.9. The maximum Gasteiger partial charge on any atom is 0.270 e. The summed E-state index contributed by atoms with van der Waals surface area (Å²) in [4.78, 5) is 23.2. The summed E-state index contributed by atoms with van der Waals surface area (Å²) in [6.07, 6.45) is 0. The molecule has 1 N–H and O–H groups in total. The molecule has 6 nitrogen and oxygen atoms in total. The molecule has 0 saturated heterocycles. The lowest BCUT2D eigenvalue weighted by molar-refractivity contribution is -0.115. The smallest absolute Gasteiger partial charge is 0.270 e. The molecule has 0 unspecified atom stereocenters. The van der Waals surface area contributed by atoms with Crippen LogP contribution >= 0.6 is 15.9 Å². The summed E-state index contributed by atoms with van der Waals surface area (Å²) in [7, 11) is -4.07. The predicted octanol–water partition coefficient (Wildman–Crippen LogP) is 2.76. The number of alkyl halides is 1. The van der Waals surface area contributed by atoms with Crippen LogP contribution in [0.3, 0.4) is 0 Å². The average molecular weight is 411 g/mol. The fourth-order valence-electron chi connectivity index (χ4n) is 2.05. The number of benzene rings is 2. The van der Waals surface area contributed by atoms with Gasteiger partial charge in [0.2, 0.25) is 5.91 Å². The number of amides is 2. The fourth-order valence-corrected chi connectivity index (χ4v) is 3.89. The third kappa shape index (κ3) is 4.01. The van der Waals surface area contributed by atoms with E-state index in [-0.39, 0.29) is 21.8 Å². The molecule has 2 rings (SSSR count). The van der Waals surface area contributed by atoms with Crippen LogP contribution in [-0.4, -0.2) is 25.6 Å². The van der Waals surface area contributed by atoms with Crippen LogP contribution in [0.15, 0.2) is 59.5 Å². The van der Waals surface area contributed by atoms with Crippen LogP contribution in [0.1, 0.15) is 6.92 Å². The normalized spacial score (nSPS) is 10.9. The first kappa shape index (κ1) is 18.2. The van der Waals surface area contributed by atoms with Gasteiger partial charge in [-0.1, -0.05) is 34.1 Å². The van der Waals surface area contributed by atoms with E-state index in [1.165, 1.54) is 31.2 Å². The van der Waals surface area contributed by atoms with Gasteiger partial charge in [0, 0.05) is 12.6 Å². The molecule has 126 valence electrons.